The Balaban J connectivity index is 1.31. The number of fused-ring (bicyclic) bond motifs is 2. The quantitative estimate of drug-likeness (QED) is 0.817. The van der Waals surface area contributed by atoms with Crippen LogP contribution in [-0.4, -0.2) is 5.91 Å². The van der Waals surface area contributed by atoms with Gasteiger partial charge in [-0.2, -0.15) is 0 Å². The molecule has 0 unspecified atom stereocenters. The fraction of sp³-hybridized carbons (Fsp3) is 0.381. The second-order valence-corrected chi connectivity index (χ2v) is 7.13. The molecule has 2 saturated carbocycles. The van der Waals surface area contributed by atoms with Crippen LogP contribution in [0.3, 0.4) is 0 Å². The maximum atomic E-state index is 12.3. The zero-order valence-corrected chi connectivity index (χ0v) is 13.8. The Morgan fingerprint density at radius 3 is 2.38 bits per heavy atom. The molecule has 3 nitrogen and oxygen atoms in total. The summed E-state index contributed by atoms with van der Waals surface area (Å²) in [6.07, 6.45) is 5.98. The number of rotatable bonds is 5. The van der Waals surface area contributed by atoms with Gasteiger partial charge in [0.1, 0.15) is 11.5 Å². The molecule has 0 aliphatic heterocycles. The fourth-order valence-corrected chi connectivity index (χ4v) is 4.31. The van der Waals surface area contributed by atoms with Crippen LogP contribution in [0, 0.1) is 17.8 Å². The number of ether oxygens (including phenoxy) is 1. The Labute approximate surface area is 143 Å². The van der Waals surface area contributed by atoms with E-state index in [0.29, 0.717) is 12.3 Å². The van der Waals surface area contributed by atoms with E-state index in [4.69, 9.17) is 4.74 Å². The van der Waals surface area contributed by atoms with E-state index < -0.39 is 0 Å². The Morgan fingerprint density at radius 2 is 1.71 bits per heavy atom. The monoisotopic (exact) mass is 321 g/mol. The van der Waals surface area contributed by atoms with Crippen LogP contribution >= 0.6 is 0 Å². The van der Waals surface area contributed by atoms with E-state index in [1.54, 1.807) is 0 Å². The average Bonchev–Trinajstić information content (AvgIpc) is 3.20. The van der Waals surface area contributed by atoms with E-state index in [1.165, 1.54) is 25.7 Å². The van der Waals surface area contributed by atoms with Gasteiger partial charge in [0.05, 0.1) is 0 Å². The van der Waals surface area contributed by atoms with Gasteiger partial charge in [0.25, 0.3) is 0 Å². The minimum atomic E-state index is 0.143. The first-order valence-corrected chi connectivity index (χ1v) is 8.89. The number of nitrogens with one attached hydrogen (secondary N) is 1. The number of benzene rings is 2. The van der Waals surface area contributed by atoms with Gasteiger partial charge in [0.2, 0.25) is 5.91 Å². The minimum Gasteiger partial charge on any atom is -0.457 e. The Morgan fingerprint density at radius 1 is 0.958 bits per heavy atom. The topological polar surface area (TPSA) is 38.3 Å². The molecule has 0 spiro atoms. The lowest BCUT2D eigenvalue weighted by molar-refractivity contribution is -0.117. The maximum absolute atomic E-state index is 12.3. The average molecular weight is 321 g/mol. The van der Waals surface area contributed by atoms with E-state index in [-0.39, 0.29) is 5.91 Å². The maximum Gasteiger partial charge on any atom is 0.224 e. The van der Waals surface area contributed by atoms with Crippen LogP contribution in [0.15, 0.2) is 54.6 Å². The van der Waals surface area contributed by atoms with E-state index in [1.807, 2.05) is 54.6 Å². The number of anilines is 1. The molecule has 4 rings (SSSR count). The Bertz CT molecular complexity index is 696. The first-order valence-electron chi connectivity index (χ1n) is 8.89. The lowest BCUT2D eigenvalue weighted by atomic mass is 9.86. The van der Waals surface area contributed by atoms with Crippen LogP contribution in [0.5, 0.6) is 11.5 Å². The van der Waals surface area contributed by atoms with Crippen molar-refractivity contribution < 1.29 is 9.53 Å². The van der Waals surface area contributed by atoms with E-state index in [0.717, 1.165) is 29.0 Å². The van der Waals surface area contributed by atoms with Crippen LogP contribution in [0.2, 0.25) is 0 Å². The summed E-state index contributed by atoms with van der Waals surface area (Å²) < 4.78 is 5.77. The minimum absolute atomic E-state index is 0.143. The van der Waals surface area contributed by atoms with Crippen LogP contribution in [0.25, 0.3) is 0 Å². The molecule has 3 heteroatoms. The Hall–Kier alpha value is -2.29. The van der Waals surface area contributed by atoms with Crippen molar-refractivity contribution in [2.24, 2.45) is 17.8 Å². The molecule has 1 N–H and O–H groups in total. The highest BCUT2D eigenvalue weighted by atomic mass is 16.5. The first kappa shape index (κ1) is 15.3. The molecule has 1 amide bonds. The standard InChI is InChI=1S/C21H23NO2/c23-21(14-17-13-15-6-7-16(17)12-15)22-18-8-10-20(11-9-18)24-19-4-2-1-3-5-19/h1-5,8-11,15-17H,6-7,12-14H2,(H,22,23)/t15-,16-,17-/m0/s1. The first-order chi connectivity index (χ1) is 11.8. The molecular weight excluding hydrogens is 298 g/mol. The zero-order chi connectivity index (χ0) is 16.4. The summed E-state index contributed by atoms with van der Waals surface area (Å²) in [6, 6.07) is 17.3. The molecule has 2 aromatic rings. The third kappa shape index (κ3) is 3.45. The lowest BCUT2D eigenvalue weighted by Crippen LogP contribution is -2.20. The van der Waals surface area contributed by atoms with Crippen molar-refractivity contribution in [3.8, 4) is 11.5 Å². The highest BCUT2D eigenvalue weighted by Crippen LogP contribution is 2.49. The van der Waals surface area contributed by atoms with E-state index >= 15 is 0 Å². The van der Waals surface area contributed by atoms with Gasteiger partial charge in [-0.1, -0.05) is 24.6 Å². The number of hydrogen-bond acceptors (Lipinski definition) is 2. The van der Waals surface area contributed by atoms with Crippen molar-refractivity contribution in [1.29, 1.82) is 0 Å². The molecule has 2 aliphatic rings. The summed E-state index contributed by atoms with van der Waals surface area (Å²) in [4.78, 5) is 12.3. The van der Waals surface area contributed by atoms with Gasteiger partial charge in [0.15, 0.2) is 0 Å². The molecule has 24 heavy (non-hydrogen) atoms. The second kappa shape index (κ2) is 6.68. The van der Waals surface area contributed by atoms with Crippen molar-refractivity contribution in [3.63, 3.8) is 0 Å². The largest absolute Gasteiger partial charge is 0.457 e. The molecule has 0 radical (unpaired) electrons. The van der Waals surface area contributed by atoms with Crippen LogP contribution < -0.4 is 10.1 Å². The van der Waals surface area contributed by atoms with Gasteiger partial charge < -0.3 is 10.1 Å². The van der Waals surface area contributed by atoms with Gasteiger partial charge in [0, 0.05) is 12.1 Å². The third-order valence-corrected chi connectivity index (χ3v) is 5.45. The highest BCUT2D eigenvalue weighted by molar-refractivity contribution is 5.90. The molecular formula is C21H23NO2. The molecule has 0 heterocycles. The van der Waals surface area contributed by atoms with Gasteiger partial charge in [-0.25, -0.2) is 0 Å². The smallest absolute Gasteiger partial charge is 0.224 e. The predicted octanol–water partition coefficient (Wildman–Crippen LogP) is 5.24. The van der Waals surface area contributed by atoms with Gasteiger partial charge in [-0.15, -0.1) is 0 Å². The number of hydrogen-bond donors (Lipinski definition) is 1. The second-order valence-electron chi connectivity index (χ2n) is 7.13. The van der Waals surface area contributed by atoms with Crippen LogP contribution in [0.4, 0.5) is 5.69 Å². The highest BCUT2D eigenvalue weighted by Gasteiger charge is 2.40. The summed E-state index contributed by atoms with van der Waals surface area (Å²) in [5.41, 5.74) is 0.837. The van der Waals surface area contributed by atoms with Gasteiger partial charge in [-0.05, 0) is 73.4 Å². The molecule has 2 fully saturated rings. The van der Waals surface area contributed by atoms with Gasteiger partial charge >= 0.3 is 0 Å². The number of carbonyl (C=O) groups is 1. The molecule has 2 aliphatic carbocycles. The number of para-hydroxylation sites is 1. The molecule has 2 bridgehead atoms. The molecule has 124 valence electrons. The van der Waals surface area contributed by atoms with Crippen molar-refractivity contribution >= 4 is 11.6 Å². The van der Waals surface area contributed by atoms with Crippen molar-refractivity contribution in [2.45, 2.75) is 32.1 Å². The van der Waals surface area contributed by atoms with Crippen molar-refractivity contribution in [3.05, 3.63) is 54.6 Å². The lowest BCUT2D eigenvalue weighted by Gasteiger charge is -2.20. The molecule has 3 atom stereocenters. The third-order valence-electron chi connectivity index (χ3n) is 5.45. The predicted molar refractivity (Wildman–Crippen MR) is 95.1 cm³/mol. The normalized spacial score (nSPS) is 24.8. The summed E-state index contributed by atoms with van der Waals surface area (Å²) >= 11 is 0. The van der Waals surface area contributed by atoms with Crippen molar-refractivity contribution in [2.75, 3.05) is 5.32 Å². The summed E-state index contributed by atoms with van der Waals surface area (Å²) in [5.74, 6) is 4.01. The van der Waals surface area contributed by atoms with Crippen LogP contribution in [-0.2, 0) is 4.79 Å². The van der Waals surface area contributed by atoms with Crippen LogP contribution in [0.1, 0.15) is 32.1 Å². The van der Waals surface area contributed by atoms with E-state index in [9.17, 15) is 4.79 Å². The number of amides is 1. The fourth-order valence-electron chi connectivity index (χ4n) is 4.31. The van der Waals surface area contributed by atoms with Crippen molar-refractivity contribution in [1.82, 2.24) is 0 Å². The summed E-state index contributed by atoms with van der Waals surface area (Å²) in [7, 11) is 0. The molecule has 2 aromatic carbocycles. The van der Waals surface area contributed by atoms with Gasteiger partial charge in [-0.3, -0.25) is 4.79 Å². The molecule has 0 saturated heterocycles. The summed E-state index contributed by atoms with van der Waals surface area (Å²) in [6.45, 7) is 0. The Kier molecular flexibility index (Phi) is 4.24. The van der Waals surface area contributed by atoms with E-state index in [2.05, 4.69) is 5.32 Å². The number of carbonyl (C=O) groups excluding carboxylic acids is 1. The SMILES string of the molecule is O=C(C[C@@H]1C[C@H]2CC[C@H]1C2)Nc1ccc(Oc2ccccc2)cc1. The zero-order valence-electron chi connectivity index (χ0n) is 13.8. The molecule has 0 aromatic heterocycles. The summed E-state index contributed by atoms with van der Waals surface area (Å²) in [5, 5.41) is 3.02.